The number of ketones is 1. The monoisotopic (exact) mass is 442 g/mol. The van der Waals surface area contributed by atoms with E-state index in [1.165, 1.54) is 12.1 Å². The molecule has 3 rings (SSSR count). The minimum absolute atomic E-state index is 0.00490. The summed E-state index contributed by atoms with van der Waals surface area (Å²) in [7, 11) is -3.89. The molecule has 3 unspecified atom stereocenters. The van der Waals surface area contributed by atoms with Crippen LogP contribution in [0.4, 0.5) is 0 Å². The molecule has 26 heavy (non-hydrogen) atoms. The molecule has 0 radical (unpaired) electrons. The minimum Gasteiger partial charge on any atom is -0.298 e. The molecule has 0 aliphatic heterocycles. The highest BCUT2D eigenvalue weighted by molar-refractivity contribution is 9.10. The van der Waals surface area contributed by atoms with Crippen LogP contribution < -0.4 is 10.3 Å². The zero-order chi connectivity index (χ0) is 19.5. The molecule has 0 heterocycles. The quantitative estimate of drug-likeness (QED) is 0.553. The van der Waals surface area contributed by atoms with Crippen LogP contribution in [0.5, 0.6) is 0 Å². The number of amides is 1. The Morgan fingerprint density at radius 1 is 1.15 bits per heavy atom. The maximum Gasteiger partial charge on any atom is 0.257 e. The summed E-state index contributed by atoms with van der Waals surface area (Å²) in [5.74, 6) is -0.472. The van der Waals surface area contributed by atoms with Gasteiger partial charge in [0.1, 0.15) is 0 Å². The number of aryl methyl sites for hydroxylation is 1. The van der Waals surface area contributed by atoms with Crippen LogP contribution in [-0.4, -0.2) is 24.9 Å². The second-order valence-electron chi connectivity index (χ2n) is 8.03. The van der Waals surface area contributed by atoms with Gasteiger partial charge in [-0.1, -0.05) is 54.4 Å². The van der Waals surface area contributed by atoms with E-state index in [0.717, 1.165) is 5.56 Å². The number of hydrogen-bond acceptors (Lipinski definition) is 4. The first kappa shape index (κ1) is 19.5. The van der Waals surface area contributed by atoms with Gasteiger partial charge in [-0.25, -0.2) is 8.42 Å². The van der Waals surface area contributed by atoms with Crippen LogP contribution in [0.1, 0.15) is 39.2 Å². The Balaban J connectivity index is 1.85. The second-order valence-corrected chi connectivity index (χ2v) is 10.6. The maximum absolute atomic E-state index is 13.1. The predicted octanol–water partition coefficient (Wildman–Crippen LogP) is 2.46. The van der Waals surface area contributed by atoms with Crippen molar-refractivity contribution in [2.24, 2.45) is 16.2 Å². The second kappa shape index (κ2) is 5.87. The molecule has 0 spiro atoms. The minimum atomic E-state index is -3.89. The molecule has 142 valence electrons. The van der Waals surface area contributed by atoms with Gasteiger partial charge in [0, 0.05) is 5.41 Å². The fourth-order valence-electron chi connectivity index (χ4n) is 4.46. The first-order valence-electron chi connectivity index (χ1n) is 8.47. The number of sulfonamides is 1. The van der Waals surface area contributed by atoms with Gasteiger partial charge in [0.15, 0.2) is 5.78 Å². The third kappa shape index (κ3) is 2.34. The Labute approximate surface area is 162 Å². The van der Waals surface area contributed by atoms with Crippen LogP contribution in [0.3, 0.4) is 0 Å². The molecule has 0 saturated heterocycles. The first-order valence-corrected chi connectivity index (χ1v) is 10.9. The standard InChI is InChI=1S/C18H23BrN2O4S/c1-11-5-7-12(8-6-11)26(24,25)21-20-15(23)18-10-9-17(4,16(18,2)3)14(22)13(18)19/h5-8,13,21H,9-10H2,1-4H3,(H,20,23). The van der Waals surface area contributed by atoms with E-state index >= 15 is 0 Å². The lowest BCUT2D eigenvalue weighted by Gasteiger charge is -2.39. The summed E-state index contributed by atoms with van der Waals surface area (Å²) in [5, 5.41) is 0. The van der Waals surface area contributed by atoms with E-state index in [1.807, 2.05) is 27.7 Å². The molecule has 2 aliphatic carbocycles. The number of nitrogens with one attached hydrogen (secondary N) is 2. The van der Waals surface area contributed by atoms with Crippen LogP contribution in [0.25, 0.3) is 0 Å². The topological polar surface area (TPSA) is 92.3 Å². The molecular weight excluding hydrogens is 420 g/mol. The van der Waals surface area contributed by atoms with Gasteiger partial charge in [0.25, 0.3) is 10.0 Å². The van der Waals surface area contributed by atoms with Crippen molar-refractivity contribution >= 4 is 37.6 Å². The third-order valence-corrected chi connectivity index (χ3v) is 9.22. The number of benzene rings is 1. The number of carbonyl (C=O) groups is 2. The summed E-state index contributed by atoms with van der Waals surface area (Å²) < 4.78 is 24.9. The predicted molar refractivity (Wildman–Crippen MR) is 101 cm³/mol. The molecule has 1 aromatic rings. The van der Waals surface area contributed by atoms with E-state index in [0.29, 0.717) is 12.8 Å². The van der Waals surface area contributed by atoms with Crippen molar-refractivity contribution in [3.05, 3.63) is 29.8 Å². The Hall–Kier alpha value is -1.25. The van der Waals surface area contributed by atoms with Gasteiger partial charge < -0.3 is 0 Å². The molecule has 2 fully saturated rings. The molecule has 1 amide bonds. The summed E-state index contributed by atoms with van der Waals surface area (Å²) >= 11 is 3.42. The van der Waals surface area contributed by atoms with Crippen molar-refractivity contribution < 1.29 is 18.0 Å². The number of alkyl halides is 1. The summed E-state index contributed by atoms with van der Waals surface area (Å²) in [6, 6.07) is 6.33. The third-order valence-electron chi connectivity index (χ3n) is 6.76. The summed E-state index contributed by atoms with van der Waals surface area (Å²) in [6.45, 7) is 7.57. The lowest BCUT2D eigenvalue weighted by molar-refractivity contribution is -0.136. The molecule has 2 aliphatic rings. The van der Waals surface area contributed by atoms with Crippen molar-refractivity contribution in [2.45, 2.75) is 50.3 Å². The van der Waals surface area contributed by atoms with E-state index in [9.17, 15) is 18.0 Å². The zero-order valence-corrected chi connectivity index (χ0v) is 17.6. The van der Waals surface area contributed by atoms with Crippen LogP contribution >= 0.6 is 15.9 Å². The average molecular weight is 443 g/mol. The van der Waals surface area contributed by atoms with E-state index < -0.39 is 37.0 Å². The van der Waals surface area contributed by atoms with Crippen LogP contribution in [-0.2, 0) is 19.6 Å². The highest BCUT2D eigenvalue weighted by Gasteiger charge is 2.76. The van der Waals surface area contributed by atoms with Crippen molar-refractivity contribution in [2.75, 3.05) is 0 Å². The number of fused-ring (bicyclic) bond motifs is 2. The highest BCUT2D eigenvalue weighted by Crippen LogP contribution is 2.72. The van der Waals surface area contributed by atoms with Crippen molar-refractivity contribution in [1.82, 2.24) is 10.3 Å². The summed E-state index contributed by atoms with van der Waals surface area (Å²) in [4.78, 5) is 27.4. The zero-order valence-electron chi connectivity index (χ0n) is 15.2. The average Bonchev–Trinajstić information content (AvgIpc) is 2.85. The largest absolute Gasteiger partial charge is 0.298 e. The Morgan fingerprint density at radius 2 is 1.73 bits per heavy atom. The van der Waals surface area contributed by atoms with E-state index in [4.69, 9.17) is 0 Å². The lowest BCUT2D eigenvalue weighted by Crippen LogP contribution is -2.55. The fraction of sp³-hybridized carbons (Fsp3) is 0.556. The molecule has 8 heteroatoms. The Morgan fingerprint density at radius 3 is 2.23 bits per heavy atom. The van der Waals surface area contributed by atoms with Gasteiger partial charge in [0.05, 0.1) is 15.1 Å². The smallest absolute Gasteiger partial charge is 0.257 e. The molecule has 2 bridgehead atoms. The molecule has 1 aromatic carbocycles. The Kier molecular flexibility index (Phi) is 4.41. The molecular formula is C18H23BrN2O4S. The molecule has 0 aromatic heterocycles. The molecule has 2 N–H and O–H groups in total. The Bertz CT molecular complexity index is 881. The fourth-order valence-corrected chi connectivity index (χ4v) is 6.81. The van der Waals surface area contributed by atoms with Crippen LogP contribution in [0, 0.1) is 23.2 Å². The van der Waals surface area contributed by atoms with Crippen molar-refractivity contribution in [3.8, 4) is 0 Å². The summed E-state index contributed by atoms with van der Waals surface area (Å²) in [5.41, 5.74) is 1.11. The molecule has 3 atom stereocenters. The summed E-state index contributed by atoms with van der Waals surface area (Å²) in [6.07, 6.45) is 1.13. The van der Waals surface area contributed by atoms with Gasteiger partial charge in [-0.2, -0.15) is 0 Å². The van der Waals surface area contributed by atoms with Gasteiger partial charge in [0.2, 0.25) is 5.91 Å². The van der Waals surface area contributed by atoms with Crippen LogP contribution in [0.2, 0.25) is 0 Å². The number of hydrazine groups is 1. The van der Waals surface area contributed by atoms with E-state index in [2.05, 4.69) is 26.2 Å². The highest BCUT2D eigenvalue weighted by atomic mass is 79.9. The van der Waals surface area contributed by atoms with Crippen molar-refractivity contribution in [3.63, 3.8) is 0 Å². The van der Waals surface area contributed by atoms with Crippen molar-refractivity contribution in [1.29, 1.82) is 0 Å². The SMILES string of the molecule is Cc1ccc(S(=O)(=O)NNC(=O)C23CCC(C)(C(=O)C2Br)C3(C)C)cc1. The molecule has 2 saturated carbocycles. The number of rotatable bonds is 4. The van der Waals surface area contributed by atoms with Gasteiger partial charge >= 0.3 is 0 Å². The van der Waals surface area contributed by atoms with Crippen LogP contribution in [0.15, 0.2) is 29.2 Å². The number of carbonyl (C=O) groups excluding carboxylic acids is 2. The number of halogens is 1. The number of Topliss-reactive ketones (excluding diaryl/α,β-unsaturated/α-hetero) is 1. The van der Waals surface area contributed by atoms with Gasteiger partial charge in [-0.3, -0.25) is 15.0 Å². The van der Waals surface area contributed by atoms with E-state index in [-0.39, 0.29) is 10.7 Å². The maximum atomic E-state index is 13.1. The first-order chi connectivity index (χ1) is 11.9. The van der Waals surface area contributed by atoms with E-state index in [1.54, 1.807) is 12.1 Å². The molecule has 6 nitrogen and oxygen atoms in total. The van der Waals surface area contributed by atoms with Gasteiger partial charge in [-0.05, 0) is 37.3 Å². The van der Waals surface area contributed by atoms with Gasteiger partial charge in [-0.15, -0.1) is 4.83 Å². The normalized spacial score (nSPS) is 32.7. The number of hydrogen-bond donors (Lipinski definition) is 2. The lowest BCUT2D eigenvalue weighted by atomic mass is 9.64.